The van der Waals surface area contributed by atoms with Gasteiger partial charge < -0.3 is 5.11 Å². The van der Waals surface area contributed by atoms with Crippen LogP contribution in [-0.4, -0.2) is 21.9 Å². The summed E-state index contributed by atoms with van der Waals surface area (Å²) in [6.07, 6.45) is 2.14. The first-order valence-electron chi connectivity index (χ1n) is 11.2. The molecule has 1 N–H and O–H groups in total. The Morgan fingerprint density at radius 1 is 0.839 bits per heavy atom. The number of benzene rings is 3. The monoisotopic (exact) mass is 431 g/mol. The number of para-hydroxylation sites is 1. The molecule has 2 unspecified atom stereocenters. The summed E-state index contributed by atoms with van der Waals surface area (Å²) in [5.41, 5.74) is 2.91. The molecule has 1 aliphatic rings. The van der Waals surface area contributed by atoms with Crippen LogP contribution >= 0.6 is 7.92 Å². The Bertz CT molecular complexity index is 1120. The number of nitrogens with zero attached hydrogens (tertiary/aromatic N) is 1. The quantitative estimate of drug-likeness (QED) is 0.407. The normalized spacial score (nSPS) is 23.5. The van der Waals surface area contributed by atoms with Gasteiger partial charge in [0.2, 0.25) is 0 Å². The van der Waals surface area contributed by atoms with Gasteiger partial charge in [-0.25, -0.2) is 0 Å². The molecule has 0 saturated carbocycles. The summed E-state index contributed by atoms with van der Waals surface area (Å²) in [5.74, 6) is 0.416. The summed E-state index contributed by atoms with van der Waals surface area (Å²) in [6.45, 7) is 14.0. The van der Waals surface area contributed by atoms with Crippen LogP contribution in [0, 0.1) is 5.41 Å². The zero-order chi connectivity index (χ0) is 22.4. The van der Waals surface area contributed by atoms with Crippen molar-refractivity contribution in [2.45, 2.75) is 58.5 Å². The number of hydrogen-bond acceptors (Lipinski definition) is 2. The second-order valence-corrected chi connectivity index (χ2v) is 13.8. The highest BCUT2D eigenvalue weighted by Crippen LogP contribution is 2.68. The summed E-state index contributed by atoms with van der Waals surface area (Å²) < 4.78 is 0. The van der Waals surface area contributed by atoms with Gasteiger partial charge in [0, 0.05) is 16.4 Å². The highest BCUT2D eigenvalue weighted by molar-refractivity contribution is 7.77. The van der Waals surface area contributed by atoms with E-state index in [-0.39, 0.29) is 16.0 Å². The predicted molar refractivity (Wildman–Crippen MR) is 136 cm³/mol. The molecule has 0 spiro atoms. The number of hydrogen-bond donors (Lipinski definition) is 1. The van der Waals surface area contributed by atoms with E-state index in [2.05, 4.69) is 84.0 Å². The molecule has 2 nitrogen and oxygen atoms in total. The molecule has 1 saturated heterocycles. The topological polar surface area (TPSA) is 32.6 Å². The standard InChI is InChI=1S/C28H34NOP/c1-26(2,3)28(23-17-16-20-12-10-11-15-22(20)24(23)30)18-19-31(27(4,5)6)25(28)29-21-13-8-7-9-14-21/h7-17,30H,18-19H2,1-6H3. The number of phenols is 1. The van der Waals surface area contributed by atoms with Crippen molar-refractivity contribution in [2.24, 2.45) is 10.4 Å². The first kappa shape index (κ1) is 22.0. The first-order chi connectivity index (χ1) is 14.6. The average molecular weight is 432 g/mol. The molecule has 4 rings (SSSR count). The number of aromatic hydroxyl groups is 1. The molecule has 3 aromatic rings. The minimum atomic E-state index is -0.466. The lowest BCUT2D eigenvalue weighted by atomic mass is 9.61. The smallest absolute Gasteiger partial charge is 0.127 e. The van der Waals surface area contributed by atoms with E-state index in [0.717, 1.165) is 34.6 Å². The third kappa shape index (κ3) is 3.70. The van der Waals surface area contributed by atoms with Crippen molar-refractivity contribution in [1.29, 1.82) is 0 Å². The van der Waals surface area contributed by atoms with Crippen LogP contribution in [0.4, 0.5) is 5.69 Å². The Morgan fingerprint density at radius 3 is 2.13 bits per heavy atom. The van der Waals surface area contributed by atoms with Crippen LogP contribution in [0.15, 0.2) is 71.7 Å². The van der Waals surface area contributed by atoms with Gasteiger partial charge in [0.05, 0.1) is 11.1 Å². The summed E-state index contributed by atoms with van der Waals surface area (Å²) in [6, 6.07) is 22.8. The molecule has 2 atom stereocenters. The van der Waals surface area contributed by atoms with Crippen LogP contribution in [0.2, 0.25) is 0 Å². The van der Waals surface area contributed by atoms with Gasteiger partial charge in [0.25, 0.3) is 0 Å². The summed E-state index contributed by atoms with van der Waals surface area (Å²) in [7, 11) is -0.466. The fourth-order valence-corrected chi connectivity index (χ4v) is 8.47. The van der Waals surface area contributed by atoms with Gasteiger partial charge >= 0.3 is 0 Å². The van der Waals surface area contributed by atoms with Crippen molar-refractivity contribution in [2.75, 3.05) is 6.16 Å². The summed E-state index contributed by atoms with van der Waals surface area (Å²) >= 11 is 0. The van der Waals surface area contributed by atoms with Gasteiger partial charge in [-0.2, -0.15) is 0 Å². The third-order valence-electron chi connectivity index (χ3n) is 6.79. The van der Waals surface area contributed by atoms with Gasteiger partial charge in [0.15, 0.2) is 0 Å². The van der Waals surface area contributed by atoms with Crippen molar-refractivity contribution in [3.63, 3.8) is 0 Å². The number of aliphatic imine (C=N–C) groups is 1. The van der Waals surface area contributed by atoms with Crippen molar-refractivity contribution < 1.29 is 5.11 Å². The third-order valence-corrected chi connectivity index (χ3v) is 10.1. The number of rotatable bonds is 2. The summed E-state index contributed by atoms with van der Waals surface area (Å²) in [5, 5.41) is 13.7. The largest absolute Gasteiger partial charge is 0.507 e. The number of fused-ring (bicyclic) bond motifs is 1. The van der Waals surface area contributed by atoms with E-state index in [4.69, 9.17) is 4.99 Å². The van der Waals surface area contributed by atoms with Crippen molar-refractivity contribution in [3.05, 3.63) is 72.3 Å². The first-order valence-corrected chi connectivity index (χ1v) is 12.7. The van der Waals surface area contributed by atoms with E-state index in [1.807, 2.05) is 24.3 Å². The van der Waals surface area contributed by atoms with E-state index in [0.29, 0.717) is 5.75 Å². The van der Waals surface area contributed by atoms with Crippen LogP contribution < -0.4 is 0 Å². The Kier molecular flexibility index (Phi) is 5.51. The molecule has 3 heteroatoms. The highest BCUT2D eigenvalue weighted by atomic mass is 31.1. The fraction of sp³-hybridized carbons (Fsp3) is 0.393. The maximum absolute atomic E-state index is 11.6. The maximum Gasteiger partial charge on any atom is 0.127 e. The molecule has 0 bridgehead atoms. The lowest BCUT2D eigenvalue weighted by Crippen LogP contribution is -2.44. The van der Waals surface area contributed by atoms with Crippen molar-refractivity contribution >= 4 is 29.8 Å². The molecule has 0 aromatic heterocycles. The molecule has 1 aliphatic heterocycles. The second-order valence-electron chi connectivity index (χ2n) is 10.7. The Labute approximate surface area is 188 Å². The highest BCUT2D eigenvalue weighted by Gasteiger charge is 2.57. The lowest BCUT2D eigenvalue weighted by Gasteiger charge is -2.45. The zero-order valence-corrected chi connectivity index (χ0v) is 20.5. The van der Waals surface area contributed by atoms with Crippen LogP contribution in [0.1, 0.15) is 53.5 Å². The van der Waals surface area contributed by atoms with Gasteiger partial charge in [-0.15, -0.1) is 0 Å². The summed E-state index contributed by atoms with van der Waals surface area (Å²) in [4.78, 5) is 5.36. The molecule has 162 valence electrons. The molecule has 0 radical (unpaired) electrons. The molecular weight excluding hydrogens is 397 g/mol. The van der Waals surface area contributed by atoms with Crippen LogP contribution in [0.25, 0.3) is 10.8 Å². The van der Waals surface area contributed by atoms with Gasteiger partial charge in [-0.05, 0) is 40.7 Å². The SMILES string of the molecule is CC(C)(C)P1CCC(c2ccc3ccccc3c2O)(C(C)(C)C)C1=Nc1ccccc1. The molecule has 31 heavy (non-hydrogen) atoms. The Hall–Kier alpha value is -2.18. The average Bonchev–Trinajstić information content (AvgIpc) is 3.10. The van der Waals surface area contributed by atoms with E-state index < -0.39 is 7.92 Å². The van der Waals surface area contributed by atoms with Crippen molar-refractivity contribution in [1.82, 2.24) is 0 Å². The van der Waals surface area contributed by atoms with Gasteiger partial charge in [-0.3, -0.25) is 4.99 Å². The van der Waals surface area contributed by atoms with Gasteiger partial charge in [0.1, 0.15) is 5.75 Å². The van der Waals surface area contributed by atoms with E-state index >= 15 is 0 Å². The van der Waals surface area contributed by atoms with Crippen molar-refractivity contribution in [3.8, 4) is 5.75 Å². The molecule has 3 aromatic carbocycles. The van der Waals surface area contributed by atoms with Crippen LogP contribution in [-0.2, 0) is 5.41 Å². The Morgan fingerprint density at radius 2 is 1.48 bits per heavy atom. The maximum atomic E-state index is 11.6. The molecule has 0 aliphatic carbocycles. The predicted octanol–water partition coefficient (Wildman–Crippen LogP) is 8.24. The molecule has 0 amide bonds. The van der Waals surface area contributed by atoms with Crippen LogP contribution in [0.5, 0.6) is 5.75 Å². The minimum absolute atomic E-state index is 0.0944. The lowest BCUT2D eigenvalue weighted by molar-refractivity contribution is 0.254. The van der Waals surface area contributed by atoms with Gasteiger partial charge in [-0.1, -0.05) is 104 Å². The van der Waals surface area contributed by atoms with Crippen LogP contribution in [0.3, 0.4) is 0 Å². The zero-order valence-electron chi connectivity index (χ0n) is 19.6. The minimum Gasteiger partial charge on any atom is -0.507 e. The van der Waals surface area contributed by atoms with E-state index in [9.17, 15) is 5.11 Å². The number of phenolic OH excluding ortho intramolecular Hbond substituents is 1. The fourth-order valence-electron chi connectivity index (χ4n) is 5.13. The molecule has 1 fully saturated rings. The molecular formula is C28H34NOP. The van der Waals surface area contributed by atoms with E-state index in [1.54, 1.807) is 0 Å². The second kappa shape index (κ2) is 7.75. The Balaban J connectivity index is 2.04. The van der Waals surface area contributed by atoms with E-state index in [1.165, 1.54) is 5.45 Å². The molecule has 1 heterocycles.